The molecule has 5 amide bonds. The van der Waals surface area contributed by atoms with Gasteiger partial charge < -0.3 is 29.2 Å². The zero-order chi connectivity index (χ0) is 48.8. The molecule has 65 heavy (non-hydrogen) atoms. The number of imide groups is 1. The number of non-ortho nitro benzene ring substituents is 1. The van der Waals surface area contributed by atoms with Crippen LogP contribution in [0.2, 0.25) is 0 Å². The van der Waals surface area contributed by atoms with Crippen molar-refractivity contribution in [3.05, 3.63) is 96.2 Å². The fourth-order valence-electron chi connectivity index (χ4n) is 6.33. The summed E-state index contributed by atoms with van der Waals surface area (Å²) in [7, 11) is 0. The number of fused-ring (bicyclic) bond motifs is 1. The van der Waals surface area contributed by atoms with Gasteiger partial charge in [0.1, 0.15) is 22.8 Å². The number of ether oxygens (including phenoxy) is 4. The second kappa shape index (κ2) is 20.2. The quantitative estimate of drug-likeness (QED) is 0.0506. The van der Waals surface area contributed by atoms with Crippen LogP contribution < -0.4 is 5.32 Å². The number of benzene rings is 2. The number of carbonyl (C=O) groups is 6. The van der Waals surface area contributed by atoms with Crippen molar-refractivity contribution in [1.82, 2.24) is 15.1 Å². The van der Waals surface area contributed by atoms with Crippen molar-refractivity contribution in [2.75, 3.05) is 13.2 Å². The topological polar surface area (TPSA) is 213 Å². The number of hydrogen-bond acceptors (Lipinski definition) is 13. The molecule has 2 heterocycles. The van der Waals surface area contributed by atoms with E-state index < -0.39 is 94.4 Å². The van der Waals surface area contributed by atoms with Crippen molar-refractivity contribution in [3.8, 4) is 0 Å². The van der Waals surface area contributed by atoms with Gasteiger partial charge in [-0.05, 0) is 98.9 Å². The number of carbonyl (C=O) groups excluding carboxylic acids is 6. The number of nitrogens with one attached hydrogen (secondary N) is 1. The van der Waals surface area contributed by atoms with Crippen LogP contribution in [0.1, 0.15) is 112 Å². The van der Waals surface area contributed by atoms with E-state index in [1.807, 2.05) is 0 Å². The smallest absolute Gasteiger partial charge is 0.436 e. The predicted octanol–water partition coefficient (Wildman–Crippen LogP) is 8.56. The third kappa shape index (κ3) is 14.6. The van der Waals surface area contributed by atoms with E-state index >= 15 is 0 Å². The number of nitro benzene ring substituents is 1. The van der Waals surface area contributed by atoms with Crippen LogP contribution in [-0.2, 0) is 60.5 Å². The maximum atomic E-state index is 14.6. The molecule has 17 nitrogen and oxygen atoms in total. The van der Waals surface area contributed by atoms with Gasteiger partial charge in [0.05, 0.1) is 23.5 Å². The average Bonchev–Trinajstić information content (AvgIpc) is 3.53. The molecule has 0 unspecified atom stereocenters. The summed E-state index contributed by atoms with van der Waals surface area (Å²) in [6.45, 7) is 15.0. The van der Waals surface area contributed by atoms with E-state index in [1.165, 1.54) is 60.4 Å². The molecule has 0 spiro atoms. The Morgan fingerprint density at radius 2 is 1.38 bits per heavy atom. The second-order valence-corrected chi connectivity index (χ2v) is 18.9. The molecule has 3 aromatic rings. The Morgan fingerprint density at radius 1 is 0.846 bits per heavy atom. The lowest BCUT2D eigenvalue weighted by molar-refractivity contribution is -0.384. The minimum atomic E-state index is -4.87. The number of alkyl halides is 3. The van der Waals surface area contributed by atoms with Gasteiger partial charge >= 0.3 is 30.4 Å². The van der Waals surface area contributed by atoms with E-state index in [0.717, 1.165) is 11.3 Å². The van der Waals surface area contributed by atoms with Gasteiger partial charge in [0.25, 0.3) is 11.6 Å². The van der Waals surface area contributed by atoms with Crippen molar-refractivity contribution >= 4 is 58.9 Å². The molecule has 21 heteroatoms. The molecule has 0 saturated carbocycles. The molecule has 1 aromatic heterocycles. The Labute approximate surface area is 377 Å². The minimum absolute atomic E-state index is 0.0219. The molecule has 0 saturated heterocycles. The molecular formula is C44H52F3N5O12S. The van der Waals surface area contributed by atoms with Crippen LogP contribution in [0.3, 0.4) is 0 Å². The third-order valence-electron chi connectivity index (χ3n) is 8.88. The zero-order valence-corrected chi connectivity index (χ0v) is 38.5. The number of esters is 1. The zero-order valence-electron chi connectivity index (χ0n) is 37.7. The summed E-state index contributed by atoms with van der Waals surface area (Å²) in [5.74, 6) is -3.03. The highest BCUT2D eigenvalue weighted by molar-refractivity contribution is 7.12. The van der Waals surface area contributed by atoms with Crippen LogP contribution in [-0.4, -0.2) is 92.6 Å². The number of hydrogen-bond donors (Lipinski definition) is 1. The lowest BCUT2D eigenvalue weighted by atomic mass is 9.99. The van der Waals surface area contributed by atoms with Gasteiger partial charge in [0, 0.05) is 52.5 Å². The first-order valence-electron chi connectivity index (χ1n) is 20.3. The molecule has 1 atom stereocenters. The minimum Gasteiger partial charge on any atom is -0.466 e. The first-order chi connectivity index (χ1) is 30.0. The fraction of sp³-hybridized carbons (Fsp3) is 0.477. The lowest BCUT2D eigenvalue weighted by Gasteiger charge is -2.32. The largest absolute Gasteiger partial charge is 0.466 e. The number of thiophene rings is 1. The molecule has 1 aliphatic heterocycles. The molecule has 0 bridgehead atoms. The van der Waals surface area contributed by atoms with Crippen LogP contribution in [0.15, 0.2) is 53.5 Å². The van der Waals surface area contributed by atoms with Crippen LogP contribution >= 0.6 is 11.3 Å². The summed E-state index contributed by atoms with van der Waals surface area (Å²) in [6, 6.07) is 8.72. The number of nitro groups is 1. The summed E-state index contributed by atoms with van der Waals surface area (Å²) in [4.78, 5) is 97.3. The first kappa shape index (κ1) is 51.3. The van der Waals surface area contributed by atoms with E-state index in [2.05, 4.69) is 10.3 Å². The maximum absolute atomic E-state index is 14.6. The molecule has 2 aromatic carbocycles. The normalized spacial score (nSPS) is 13.8. The number of halogens is 3. The molecule has 352 valence electrons. The number of rotatable bonds is 10. The van der Waals surface area contributed by atoms with Gasteiger partial charge in [0.2, 0.25) is 5.91 Å². The SMILES string of the molecule is CCOC(=O)Cc1sc2c(c1C(F)(F)F)CN(C(=O)[C@H](Cc1ccc([N+](=O)[O-])cc1)NC(=O)c1ccc(C(=NC(=O)OC(C)(C)C)N(C(=O)OC(C)(C)C)C(=O)OC(C)(C)C)cc1)CC2. The monoisotopic (exact) mass is 931 g/mol. The Hall–Kier alpha value is -6.38. The van der Waals surface area contributed by atoms with Gasteiger partial charge in [-0.1, -0.05) is 24.3 Å². The Bertz CT molecular complexity index is 2300. The Balaban J connectivity index is 1.73. The van der Waals surface area contributed by atoms with E-state index in [-0.39, 0.29) is 53.2 Å². The van der Waals surface area contributed by atoms with Gasteiger partial charge in [0.15, 0.2) is 5.84 Å². The Kier molecular flexibility index (Phi) is 15.9. The highest BCUT2D eigenvalue weighted by Crippen LogP contribution is 2.43. The van der Waals surface area contributed by atoms with Crippen molar-refractivity contribution in [1.29, 1.82) is 0 Å². The molecule has 0 fully saturated rings. The van der Waals surface area contributed by atoms with Gasteiger partial charge in [-0.15, -0.1) is 11.3 Å². The van der Waals surface area contributed by atoms with Gasteiger partial charge in [-0.3, -0.25) is 24.5 Å². The maximum Gasteiger partial charge on any atom is 0.436 e. The predicted molar refractivity (Wildman–Crippen MR) is 230 cm³/mol. The van der Waals surface area contributed by atoms with Gasteiger partial charge in [-0.2, -0.15) is 23.1 Å². The lowest BCUT2D eigenvalue weighted by Crippen LogP contribution is -2.51. The summed E-state index contributed by atoms with van der Waals surface area (Å²) in [6.07, 6.45) is -9.40. The van der Waals surface area contributed by atoms with E-state index in [9.17, 15) is 52.1 Å². The first-order valence-corrected chi connectivity index (χ1v) is 21.2. The van der Waals surface area contributed by atoms with Gasteiger partial charge in [-0.25, -0.2) is 14.4 Å². The standard InChI is InChI=1S/C44H52F3N5O12S/c1-11-61-33(53)23-32-34(44(45,46)47)29-24-50(21-20-31(29)65-32)37(55)30(22-25-12-18-28(19-13-25)52(59)60)48-36(54)27-16-14-26(15-17-27)35(49-38(56)62-41(2,3)4)51(39(57)63-42(5,6)7)40(58)64-43(8,9)10/h12-19,30H,11,20-24H2,1-10H3,(H,48,54)/t30-/m0/s1. The number of aliphatic imine (C=N–C) groups is 1. The average molecular weight is 932 g/mol. The van der Waals surface area contributed by atoms with Crippen molar-refractivity contribution < 1.29 is 65.8 Å². The highest BCUT2D eigenvalue weighted by Gasteiger charge is 2.43. The molecule has 1 N–H and O–H groups in total. The van der Waals surface area contributed by atoms with Crippen LogP contribution in [0.4, 0.5) is 33.2 Å². The Morgan fingerprint density at radius 3 is 1.88 bits per heavy atom. The van der Waals surface area contributed by atoms with Crippen molar-refractivity contribution in [2.24, 2.45) is 4.99 Å². The summed E-state index contributed by atoms with van der Waals surface area (Å²) >= 11 is 0.825. The van der Waals surface area contributed by atoms with E-state index in [1.54, 1.807) is 62.3 Å². The number of nitrogens with zero attached hydrogens (tertiary/aromatic N) is 4. The van der Waals surface area contributed by atoms with Crippen molar-refractivity contribution in [2.45, 2.75) is 124 Å². The third-order valence-corrected chi connectivity index (χ3v) is 10.2. The summed E-state index contributed by atoms with van der Waals surface area (Å²) < 4.78 is 64.9. The number of amides is 5. The van der Waals surface area contributed by atoms with Crippen LogP contribution in [0.5, 0.6) is 0 Å². The summed E-state index contributed by atoms with van der Waals surface area (Å²) in [5.41, 5.74) is -4.53. The second-order valence-electron chi connectivity index (χ2n) is 17.7. The molecule has 0 radical (unpaired) electrons. The molecule has 0 aliphatic carbocycles. The van der Waals surface area contributed by atoms with Crippen molar-refractivity contribution in [3.63, 3.8) is 0 Å². The fourth-order valence-corrected chi connectivity index (χ4v) is 7.64. The van der Waals surface area contributed by atoms with Crippen LogP contribution in [0.25, 0.3) is 0 Å². The number of amidine groups is 1. The van der Waals surface area contributed by atoms with E-state index in [0.29, 0.717) is 15.3 Å². The molecule has 4 rings (SSSR count). The molecule has 1 aliphatic rings. The summed E-state index contributed by atoms with van der Waals surface area (Å²) in [5, 5.41) is 14.0. The van der Waals surface area contributed by atoms with Crippen LogP contribution in [0, 0.1) is 10.1 Å². The molecular weight excluding hydrogens is 880 g/mol. The highest BCUT2D eigenvalue weighted by atomic mass is 32.1. The van der Waals surface area contributed by atoms with E-state index in [4.69, 9.17) is 18.9 Å².